The van der Waals surface area contributed by atoms with E-state index < -0.39 is 57.8 Å². The first-order valence-corrected chi connectivity index (χ1v) is 10.6. The molecule has 0 radical (unpaired) electrons. The molecule has 0 spiro atoms. The predicted molar refractivity (Wildman–Crippen MR) is 105 cm³/mol. The van der Waals surface area contributed by atoms with Crippen molar-refractivity contribution in [3.8, 4) is 0 Å². The molecule has 160 valence electrons. The zero-order chi connectivity index (χ0) is 21.6. The highest BCUT2D eigenvalue weighted by Gasteiger charge is 2.75. The molecule has 5 nitrogen and oxygen atoms in total. The van der Waals surface area contributed by atoms with Gasteiger partial charge in [-0.05, 0) is 54.7 Å². The van der Waals surface area contributed by atoms with Crippen LogP contribution < -0.4 is 0 Å². The molecule has 7 heteroatoms. The van der Waals surface area contributed by atoms with E-state index in [1.54, 1.807) is 26.8 Å². The fourth-order valence-electron chi connectivity index (χ4n) is 7.25. The van der Waals surface area contributed by atoms with Gasteiger partial charge in [-0.3, -0.25) is 9.59 Å². The molecule has 9 atom stereocenters. The third kappa shape index (κ3) is 2.26. The second kappa shape index (κ2) is 6.22. The molecule has 3 unspecified atom stereocenters. The zero-order valence-corrected chi connectivity index (χ0v) is 17.6. The standard InChI is InChI=1S/C22H28ClFO5/c1-11-6-13-14-8-16(24)15-7-12(26)4-5-19(15,2)21(14,23)17(27)9-20(13,3)22(11,29)18(28)10-25/h4-5,7,11,13-14,16-17,25,27,29H,6,8-10H2,1-3H3/t11?,13-,14-,16?,17?,19-,20-,21-,22-/m0/s1. The van der Waals surface area contributed by atoms with E-state index >= 15 is 4.39 Å². The summed E-state index contributed by atoms with van der Waals surface area (Å²) < 4.78 is 15.3. The number of fused-ring (bicyclic) bond motifs is 5. The number of hydrogen-bond acceptors (Lipinski definition) is 5. The van der Waals surface area contributed by atoms with Crippen molar-refractivity contribution >= 4 is 23.2 Å². The largest absolute Gasteiger partial charge is 0.391 e. The van der Waals surface area contributed by atoms with Crippen LogP contribution in [-0.4, -0.2) is 56.2 Å². The minimum absolute atomic E-state index is 0.0134. The fourth-order valence-corrected chi connectivity index (χ4v) is 7.74. The third-order valence-electron chi connectivity index (χ3n) is 8.78. The molecule has 0 bridgehead atoms. The Bertz CT molecular complexity index is 841. The van der Waals surface area contributed by atoms with Crippen molar-refractivity contribution in [2.24, 2.45) is 28.6 Å². The smallest absolute Gasteiger partial charge is 0.190 e. The Morgan fingerprint density at radius 3 is 2.59 bits per heavy atom. The summed E-state index contributed by atoms with van der Waals surface area (Å²) >= 11 is 7.20. The summed E-state index contributed by atoms with van der Waals surface area (Å²) in [7, 11) is 0. The van der Waals surface area contributed by atoms with Gasteiger partial charge >= 0.3 is 0 Å². The van der Waals surface area contributed by atoms with E-state index in [0.717, 1.165) is 0 Å². The van der Waals surface area contributed by atoms with Gasteiger partial charge < -0.3 is 15.3 Å². The van der Waals surface area contributed by atoms with Crippen LogP contribution in [0.25, 0.3) is 0 Å². The quantitative estimate of drug-likeness (QED) is 0.588. The number of rotatable bonds is 2. The first kappa shape index (κ1) is 21.2. The molecule has 4 rings (SSSR count). The molecule has 0 amide bonds. The molecule has 0 aromatic rings. The van der Waals surface area contributed by atoms with Crippen LogP contribution in [0.2, 0.25) is 0 Å². The molecule has 4 aliphatic rings. The van der Waals surface area contributed by atoms with Crippen molar-refractivity contribution in [2.45, 2.75) is 62.8 Å². The molecule has 0 aromatic heterocycles. The van der Waals surface area contributed by atoms with E-state index in [0.29, 0.717) is 6.42 Å². The first-order valence-electron chi connectivity index (χ1n) is 10.2. The van der Waals surface area contributed by atoms with Crippen LogP contribution in [0.15, 0.2) is 23.8 Å². The number of Topliss-reactive ketones (excluding diaryl/α,β-unsaturated/α-hetero) is 1. The Kier molecular flexibility index (Phi) is 4.54. The summed E-state index contributed by atoms with van der Waals surface area (Å²) in [4.78, 5) is 23.2. The molecular formula is C22H28ClFO5. The maximum absolute atomic E-state index is 15.3. The van der Waals surface area contributed by atoms with Gasteiger partial charge in [-0.2, -0.15) is 0 Å². The molecule has 3 fully saturated rings. The van der Waals surface area contributed by atoms with Gasteiger partial charge in [0, 0.05) is 10.8 Å². The minimum atomic E-state index is -1.81. The highest BCUT2D eigenvalue weighted by Crippen LogP contribution is 2.71. The van der Waals surface area contributed by atoms with Gasteiger partial charge in [0.25, 0.3) is 0 Å². The van der Waals surface area contributed by atoms with E-state index in [1.807, 2.05) is 0 Å². The normalized spacial score (nSPS) is 53.7. The summed E-state index contributed by atoms with van der Waals surface area (Å²) in [6.07, 6.45) is 2.21. The lowest BCUT2D eigenvalue weighted by Crippen LogP contribution is -2.70. The zero-order valence-electron chi connectivity index (χ0n) is 16.9. The van der Waals surface area contributed by atoms with Crippen LogP contribution in [-0.2, 0) is 9.59 Å². The van der Waals surface area contributed by atoms with Crippen LogP contribution in [0, 0.1) is 28.6 Å². The van der Waals surface area contributed by atoms with Crippen LogP contribution >= 0.6 is 11.6 Å². The van der Waals surface area contributed by atoms with Crippen molar-refractivity contribution in [1.29, 1.82) is 0 Å². The summed E-state index contributed by atoms with van der Waals surface area (Å²) in [5.41, 5.74) is -3.63. The number of carbonyl (C=O) groups is 2. The van der Waals surface area contributed by atoms with Gasteiger partial charge in [0.1, 0.15) is 18.4 Å². The maximum Gasteiger partial charge on any atom is 0.190 e. The molecule has 3 saturated carbocycles. The molecule has 3 N–H and O–H groups in total. The van der Waals surface area contributed by atoms with Gasteiger partial charge in [0.2, 0.25) is 0 Å². The topological polar surface area (TPSA) is 94.8 Å². The molecule has 0 aliphatic heterocycles. The van der Waals surface area contributed by atoms with E-state index in [2.05, 4.69) is 0 Å². The van der Waals surface area contributed by atoms with E-state index in [4.69, 9.17) is 11.6 Å². The summed E-state index contributed by atoms with van der Waals surface area (Å²) in [6.45, 7) is 4.46. The highest BCUT2D eigenvalue weighted by atomic mass is 35.5. The summed E-state index contributed by atoms with van der Waals surface area (Å²) in [5.74, 6) is -2.27. The number of alkyl halides is 2. The first-order chi connectivity index (χ1) is 13.4. The van der Waals surface area contributed by atoms with Crippen LogP contribution in [0.4, 0.5) is 4.39 Å². The van der Waals surface area contributed by atoms with Crippen LogP contribution in [0.3, 0.4) is 0 Å². The maximum atomic E-state index is 15.3. The van der Waals surface area contributed by atoms with Crippen molar-refractivity contribution in [3.05, 3.63) is 23.8 Å². The molecule has 29 heavy (non-hydrogen) atoms. The Hall–Kier alpha value is -1.08. The molecule has 0 saturated heterocycles. The fraction of sp³-hybridized carbons (Fsp3) is 0.727. The number of allylic oxidation sites excluding steroid dienone is 4. The average Bonchev–Trinajstić information content (AvgIpc) is 2.86. The lowest BCUT2D eigenvalue weighted by molar-refractivity contribution is -0.181. The lowest BCUT2D eigenvalue weighted by Gasteiger charge is -2.64. The van der Waals surface area contributed by atoms with Crippen LogP contribution in [0.5, 0.6) is 0 Å². The number of hydrogen-bond donors (Lipinski definition) is 3. The highest BCUT2D eigenvalue weighted by molar-refractivity contribution is 6.26. The SMILES string of the molecule is CC1C[C@H]2[C@@H]3CC(F)C4=CC(=O)C=C[C@]4(C)[C@@]3(Cl)C(O)C[C@]2(C)[C@@]1(O)C(=O)CO. The molecule has 4 aliphatic carbocycles. The molecule has 0 heterocycles. The van der Waals surface area contributed by atoms with Crippen LogP contribution in [0.1, 0.15) is 40.0 Å². The summed E-state index contributed by atoms with van der Waals surface area (Å²) in [6, 6.07) is 0. The van der Waals surface area contributed by atoms with E-state index in [-0.39, 0.29) is 30.1 Å². The Morgan fingerprint density at radius 2 is 1.97 bits per heavy atom. The molecule has 0 aromatic carbocycles. The van der Waals surface area contributed by atoms with Gasteiger partial charge in [0.05, 0.1) is 11.0 Å². The Balaban J connectivity index is 1.87. The average molecular weight is 427 g/mol. The monoisotopic (exact) mass is 426 g/mol. The summed E-state index contributed by atoms with van der Waals surface area (Å²) in [5, 5.41) is 32.3. The van der Waals surface area contributed by atoms with Gasteiger partial charge in [-0.25, -0.2) is 4.39 Å². The number of carbonyl (C=O) groups excluding carboxylic acids is 2. The number of halogens is 2. The Morgan fingerprint density at radius 1 is 1.31 bits per heavy atom. The van der Waals surface area contributed by atoms with Crippen molar-refractivity contribution < 1.29 is 29.3 Å². The number of ketones is 2. The van der Waals surface area contributed by atoms with Crippen molar-refractivity contribution in [2.75, 3.05) is 6.61 Å². The second-order valence-electron chi connectivity index (χ2n) is 9.84. The molecular weight excluding hydrogens is 399 g/mol. The van der Waals surface area contributed by atoms with Crippen molar-refractivity contribution in [3.63, 3.8) is 0 Å². The van der Waals surface area contributed by atoms with Crippen molar-refractivity contribution in [1.82, 2.24) is 0 Å². The minimum Gasteiger partial charge on any atom is -0.391 e. The Labute approximate surface area is 174 Å². The van der Waals surface area contributed by atoms with Gasteiger partial charge in [-0.1, -0.05) is 26.8 Å². The number of aliphatic hydroxyl groups excluding tert-OH is 2. The lowest BCUT2D eigenvalue weighted by atomic mass is 9.45. The van der Waals surface area contributed by atoms with E-state index in [1.165, 1.54) is 12.2 Å². The predicted octanol–water partition coefficient (Wildman–Crippen LogP) is 2.11. The number of aliphatic hydroxyl groups is 3. The van der Waals surface area contributed by atoms with E-state index in [9.17, 15) is 24.9 Å². The third-order valence-corrected chi connectivity index (χ3v) is 9.70. The van der Waals surface area contributed by atoms with Gasteiger partial charge in [0.15, 0.2) is 11.6 Å². The second-order valence-corrected chi connectivity index (χ2v) is 10.5. The van der Waals surface area contributed by atoms with Gasteiger partial charge in [-0.15, -0.1) is 11.6 Å².